The lowest BCUT2D eigenvalue weighted by molar-refractivity contribution is 0.0951. The lowest BCUT2D eigenvalue weighted by Gasteiger charge is -2.08. The molecule has 0 radical (unpaired) electrons. The Morgan fingerprint density at radius 1 is 0.815 bits per heavy atom. The molecule has 0 saturated carbocycles. The Bertz CT molecular complexity index is 922. The number of benzene rings is 3. The van der Waals surface area contributed by atoms with Gasteiger partial charge in [-0.05, 0) is 48.0 Å². The van der Waals surface area contributed by atoms with Crippen molar-refractivity contribution in [3.05, 3.63) is 95.6 Å². The van der Waals surface area contributed by atoms with Crippen molar-refractivity contribution in [1.29, 1.82) is 0 Å². The van der Waals surface area contributed by atoms with Crippen LogP contribution in [0.15, 0.2) is 78.9 Å². The summed E-state index contributed by atoms with van der Waals surface area (Å²) in [4.78, 5) is 24.8. The van der Waals surface area contributed by atoms with Gasteiger partial charge in [0.2, 0.25) is 0 Å². The number of methoxy groups -OCH3 is 1. The summed E-state index contributed by atoms with van der Waals surface area (Å²) < 4.78 is 5.12. The van der Waals surface area contributed by atoms with E-state index < -0.39 is 0 Å². The number of ether oxygens (including phenoxy) is 1. The third-order valence-corrected chi connectivity index (χ3v) is 4.03. The molecule has 2 amide bonds. The molecule has 0 heterocycles. The van der Waals surface area contributed by atoms with Crippen molar-refractivity contribution in [1.82, 2.24) is 5.32 Å². The van der Waals surface area contributed by atoms with E-state index in [2.05, 4.69) is 10.6 Å². The number of amides is 2. The summed E-state index contributed by atoms with van der Waals surface area (Å²) in [7, 11) is 1.61. The van der Waals surface area contributed by atoms with E-state index in [0.29, 0.717) is 23.4 Å². The fourth-order valence-corrected chi connectivity index (χ4v) is 2.55. The molecule has 27 heavy (non-hydrogen) atoms. The maximum Gasteiger partial charge on any atom is 0.255 e. The molecule has 0 aliphatic carbocycles. The first-order valence-corrected chi connectivity index (χ1v) is 8.53. The number of carbonyl (C=O) groups is 2. The summed E-state index contributed by atoms with van der Waals surface area (Å²) in [6.07, 6.45) is 0. The first-order valence-electron chi connectivity index (χ1n) is 8.53. The summed E-state index contributed by atoms with van der Waals surface area (Å²) in [5.74, 6) is 0.272. The Hall–Kier alpha value is -3.60. The molecule has 0 aliphatic rings. The highest BCUT2D eigenvalue weighted by Gasteiger charge is 2.11. The number of hydrogen-bond acceptors (Lipinski definition) is 3. The molecule has 5 nitrogen and oxygen atoms in total. The molecule has 0 fully saturated rings. The number of carbonyl (C=O) groups excluding carboxylic acids is 2. The second-order valence-corrected chi connectivity index (χ2v) is 5.93. The van der Waals surface area contributed by atoms with Crippen molar-refractivity contribution < 1.29 is 14.3 Å². The first-order chi connectivity index (χ1) is 13.2. The Labute approximate surface area is 158 Å². The smallest absolute Gasteiger partial charge is 0.255 e. The van der Waals surface area contributed by atoms with Crippen molar-refractivity contribution in [3.63, 3.8) is 0 Å². The molecule has 2 N–H and O–H groups in total. The van der Waals surface area contributed by atoms with Crippen molar-refractivity contribution in [2.75, 3.05) is 12.4 Å². The molecule has 0 bridgehead atoms. The van der Waals surface area contributed by atoms with Gasteiger partial charge in [-0.15, -0.1) is 0 Å². The van der Waals surface area contributed by atoms with Gasteiger partial charge in [-0.1, -0.05) is 36.4 Å². The van der Waals surface area contributed by atoms with Gasteiger partial charge in [0.15, 0.2) is 0 Å². The highest BCUT2D eigenvalue weighted by atomic mass is 16.5. The summed E-state index contributed by atoms with van der Waals surface area (Å²) in [5, 5.41) is 5.67. The Kier molecular flexibility index (Phi) is 5.84. The van der Waals surface area contributed by atoms with E-state index in [1.54, 1.807) is 31.4 Å². The third-order valence-electron chi connectivity index (χ3n) is 4.03. The minimum atomic E-state index is -0.258. The Morgan fingerprint density at radius 2 is 1.48 bits per heavy atom. The lowest BCUT2D eigenvalue weighted by atomic mass is 10.1. The van der Waals surface area contributed by atoms with Crippen LogP contribution in [0.1, 0.15) is 26.3 Å². The maximum absolute atomic E-state index is 12.4. The van der Waals surface area contributed by atoms with Gasteiger partial charge in [0.1, 0.15) is 5.75 Å². The summed E-state index contributed by atoms with van der Waals surface area (Å²) in [6.45, 7) is 0.392. The number of para-hydroxylation sites is 1. The van der Waals surface area contributed by atoms with Gasteiger partial charge in [0.05, 0.1) is 7.11 Å². The van der Waals surface area contributed by atoms with Gasteiger partial charge in [-0.25, -0.2) is 0 Å². The second kappa shape index (κ2) is 8.67. The highest BCUT2D eigenvalue weighted by Crippen LogP contribution is 2.13. The van der Waals surface area contributed by atoms with Crippen molar-refractivity contribution in [2.45, 2.75) is 6.54 Å². The lowest BCUT2D eigenvalue weighted by Crippen LogP contribution is -2.23. The fourth-order valence-electron chi connectivity index (χ4n) is 2.55. The molecule has 0 unspecified atom stereocenters. The van der Waals surface area contributed by atoms with E-state index in [9.17, 15) is 9.59 Å². The van der Waals surface area contributed by atoms with Crippen LogP contribution < -0.4 is 15.4 Å². The van der Waals surface area contributed by atoms with Gasteiger partial charge in [0, 0.05) is 23.4 Å². The van der Waals surface area contributed by atoms with Crippen LogP contribution in [0.4, 0.5) is 5.69 Å². The van der Waals surface area contributed by atoms with E-state index in [1.165, 1.54) is 0 Å². The zero-order valence-corrected chi connectivity index (χ0v) is 14.9. The normalized spacial score (nSPS) is 10.1. The zero-order chi connectivity index (χ0) is 19.1. The Balaban J connectivity index is 1.63. The molecule has 0 atom stereocenters. The van der Waals surface area contributed by atoms with Gasteiger partial charge in [-0.3, -0.25) is 9.59 Å². The monoisotopic (exact) mass is 360 g/mol. The summed E-state index contributed by atoms with van der Waals surface area (Å²) in [6, 6.07) is 23.3. The van der Waals surface area contributed by atoms with Crippen LogP contribution in [-0.2, 0) is 6.54 Å². The molecule has 0 saturated heterocycles. The fraction of sp³-hybridized carbons (Fsp3) is 0.0909. The van der Waals surface area contributed by atoms with Gasteiger partial charge in [0.25, 0.3) is 11.8 Å². The van der Waals surface area contributed by atoms with Gasteiger partial charge in [-0.2, -0.15) is 0 Å². The minimum Gasteiger partial charge on any atom is -0.497 e. The minimum absolute atomic E-state index is 0.236. The van der Waals surface area contributed by atoms with Crippen molar-refractivity contribution in [3.8, 4) is 5.75 Å². The Morgan fingerprint density at radius 3 is 2.15 bits per heavy atom. The average molecular weight is 360 g/mol. The topological polar surface area (TPSA) is 67.4 Å². The molecule has 0 aromatic heterocycles. The highest BCUT2D eigenvalue weighted by molar-refractivity contribution is 6.06. The molecule has 3 rings (SSSR count). The van der Waals surface area contributed by atoms with Crippen LogP contribution in [0.3, 0.4) is 0 Å². The quantitative estimate of drug-likeness (QED) is 0.701. The predicted octanol–water partition coefficient (Wildman–Crippen LogP) is 3.88. The summed E-state index contributed by atoms with van der Waals surface area (Å²) in [5.41, 5.74) is 2.53. The zero-order valence-electron chi connectivity index (χ0n) is 14.9. The molecule has 3 aromatic rings. The van der Waals surface area contributed by atoms with Crippen LogP contribution in [-0.4, -0.2) is 18.9 Å². The number of hydrogen-bond donors (Lipinski definition) is 2. The number of anilines is 1. The number of nitrogens with one attached hydrogen (secondary N) is 2. The molecule has 3 aromatic carbocycles. The van der Waals surface area contributed by atoms with Crippen LogP contribution in [0.2, 0.25) is 0 Å². The SMILES string of the molecule is COc1ccc(CNC(=O)c2cccc(C(=O)Nc3ccccc3)c2)cc1. The van der Waals surface area contributed by atoms with Crippen LogP contribution in [0.5, 0.6) is 5.75 Å². The molecular formula is C22H20N2O3. The molecular weight excluding hydrogens is 340 g/mol. The van der Waals surface area contributed by atoms with Crippen molar-refractivity contribution >= 4 is 17.5 Å². The van der Waals surface area contributed by atoms with E-state index in [1.807, 2.05) is 54.6 Å². The molecule has 0 spiro atoms. The van der Waals surface area contributed by atoms with Gasteiger partial charge < -0.3 is 15.4 Å². The number of rotatable bonds is 6. The van der Waals surface area contributed by atoms with Crippen LogP contribution >= 0.6 is 0 Å². The van der Waals surface area contributed by atoms with Crippen LogP contribution in [0, 0.1) is 0 Å². The third kappa shape index (κ3) is 4.95. The maximum atomic E-state index is 12.4. The molecule has 5 heteroatoms. The summed E-state index contributed by atoms with van der Waals surface area (Å²) >= 11 is 0. The van der Waals surface area contributed by atoms with Gasteiger partial charge >= 0.3 is 0 Å². The van der Waals surface area contributed by atoms with E-state index in [-0.39, 0.29) is 11.8 Å². The molecule has 0 aliphatic heterocycles. The predicted molar refractivity (Wildman–Crippen MR) is 105 cm³/mol. The average Bonchev–Trinajstić information content (AvgIpc) is 2.73. The molecule has 136 valence electrons. The first kappa shape index (κ1) is 18.2. The van der Waals surface area contributed by atoms with Crippen molar-refractivity contribution in [2.24, 2.45) is 0 Å². The van der Waals surface area contributed by atoms with E-state index in [4.69, 9.17) is 4.74 Å². The van der Waals surface area contributed by atoms with E-state index in [0.717, 1.165) is 11.3 Å². The van der Waals surface area contributed by atoms with E-state index >= 15 is 0 Å². The van der Waals surface area contributed by atoms with Crippen LogP contribution in [0.25, 0.3) is 0 Å². The standard InChI is InChI=1S/C22H20N2O3/c1-27-20-12-10-16(11-13-20)15-23-21(25)17-6-5-7-18(14-17)22(26)24-19-8-3-2-4-9-19/h2-14H,15H2,1H3,(H,23,25)(H,24,26). The second-order valence-electron chi connectivity index (χ2n) is 5.93. The largest absolute Gasteiger partial charge is 0.497 e.